The van der Waals surface area contributed by atoms with Crippen LogP contribution in [0.2, 0.25) is 0 Å². The van der Waals surface area contributed by atoms with Crippen molar-refractivity contribution in [2.45, 2.75) is 17.2 Å². The van der Waals surface area contributed by atoms with Gasteiger partial charge in [0, 0.05) is 26.2 Å². The Balaban J connectivity index is 2.05. The number of piperazine rings is 1. The molecule has 1 aliphatic heterocycles. The highest BCUT2D eigenvalue weighted by Gasteiger charge is 2.30. The quantitative estimate of drug-likeness (QED) is 0.830. The summed E-state index contributed by atoms with van der Waals surface area (Å²) in [6, 6.07) is 5.39. The highest BCUT2D eigenvalue weighted by molar-refractivity contribution is 7.91. The van der Waals surface area contributed by atoms with E-state index in [4.69, 9.17) is 5.26 Å². The van der Waals surface area contributed by atoms with Gasteiger partial charge in [0.05, 0.1) is 12.1 Å². The van der Waals surface area contributed by atoms with Gasteiger partial charge >= 0.3 is 0 Å². The van der Waals surface area contributed by atoms with E-state index in [0.29, 0.717) is 30.4 Å². The van der Waals surface area contributed by atoms with Crippen molar-refractivity contribution in [3.05, 3.63) is 17.5 Å². The van der Waals surface area contributed by atoms with Crippen LogP contribution in [-0.4, -0.2) is 49.8 Å². The number of nitrogens with zero attached hydrogens (tertiary/aromatic N) is 3. The first kappa shape index (κ1) is 13.5. The summed E-state index contributed by atoms with van der Waals surface area (Å²) in [4.78, 5) is 2.00. The van der Waals surface area contributed by atoms with Crippen molar-refractivity contribution in [3.63, 3.8) is 0 Å². The minimum Gasteiger partial charge on any atom is -0.286 e. The van der Waals surface area contributed by atoms with Crippen LogP contribution in [0, 0.1) is 11.3 Å². The summed E-state index contributed by atoms with van der Waals surface area (Å²) < 4.78 is 26.4. The first-order valence-electron chi connectivity index (χ1n) is 5.73. The smallest absolute Gasteiger partial charge is 0.252 e. The molecule has 1 fully saturated rings. The molecule has 0 unspecified atom stereocenters. The molecule has 0 spiro atoms. The SMILES string of the molecule is C[C@@H](C#N)N1CCN(S(=O)(=O)c2cccs2)CC1. The lowest BCUT2D eigenvalue weighted by Crippen LogP contribution is -2.50. The summed E-state index contributed by atoms with van der Waals surface area (Å²) in [5.41, 5.74) is 0. The van der Waals surface area contributed by atoms with Gasteiger partial charge in [-0.15, -0.1) is 11.3 Å². The van der Waals surface area contributed by atoms with Gasteiger partial charge in [0.15, 0.2) is 0 Å². The molecule has 98 valence electrons. The highest BCUT2D eigenvalue weighted by Crippen LogP contribution is 2.22. The van der Waals surface area contributed by atoms with E-state index in [-0.39, 0.29) is 6.04 Å². The number of sulfonamides is 1. The maximum Gasteiger partial charge on any atom is 0.252 e. The maximum absolute atomic E-state index is 12.2. The molecule has 0 bridgehead atoms. The number of hydrogen-bond acceptors (Lipinski definition) is 5. The lowest BCUT2D eigenvalue weighted by molar-refractivity contribution is 0.170. The average Bonchev–Trinajstić information content (AvgIpc) is 2.92. The third-order valence-corrected chi connectivity index (χ3v) is 6.37. The number of hydrogen-bond donors (Lipinski definition) is 0. The van der Waals surface area contributed by atoms with Crippen molar-refractivity contribution in [1.29, 1.82) is 5.26 Å². The molecule has 2 rings (SSSR count). The van der Waals surface area contributed by atoms with Crippen molar-refractivity contribution in [1.82, 2.24) is 9.21 Å². The maximum atomic E-state index is 12.2. The van der Waals surface area contributed by atoms with Gasteiger partial charge in [0.2, 0.25) is 0 Å². The van der Waals surface area contributed by atoms with Gasteiger partial charge in [-0.1, -0.05) is 6.07 Å². The second-order valence-electron chi connectivity index (χ2n) is 4.18. The normalized spacial score (nSPS) is 20.4. The molecule has 0 saturated carbocycles. The third kappa shape index (κ3) is 2.57. The van der Waals surface area contributed by atoms with E-state index >= 15 is 0 Å². The van der Waals surface area contributed by atoms with Crippen LogP contribution >= 0.6 is 11.3 Å². The molecule has 0 N–H and O–H groups in total. The van der Waals surface area contributed by atoms with Crippen LogP contribution in [0.15, 0.2) is 21.7 Å². The molecule has 1 aliphatic rings. The van der Waals surface area contributed by atoms with Gasteiger partial charge in [-0.25, -0.2) is 8.42 Å². The topological polar surface area (TPSA) is 64.4 Å². The lowest BCUT2D eigenvalue weighted by atomic mass is 10.2. The Hall–Kier alpha value is -0.940. The summed E-state index contributed by atoms with van der Waals surface area (Å²) in [5.74, 6) is 0. The zero-order valence-electron chi connectivity index (χ0n) is 10.1. The molecule has 7 heteroatoms. The molecule has 1 aromatic heterocycles. The third-order valence-electron chi connectivity index (χ3n) is 3.10. The molecule has 0 amide bonds. The Labute approximate surface area is 111 Å². The molecule has 5 nitrogen and oxygen atoms in total. The molecule has 1 aromatic rings. The van der Waals surface area contributed by atoms with Crippen molar-refractivity contribution in [2.24, 2.45) is 0 Å². The predicted molar refractivity (Wildman–Crippen MR) is 69.7 cm³/mol. The van der Waals surface area contributed by atoms with Crippen LogP contribution in [0.5, 0.6) is 0 Å². The molecular formula is C11H15N3O2S2. The second kappa shape index (κ2) is 5.36. The van der Waals surface area contributed by atoms with Gasteiger partial charge in [-0.05, 0) is 18.4 Å². The van der Waals surface area contributed by atoms with Crippen molar-refractivity contribution in [2.75, 3.05) is 26.2 Å². The van der Waals surface area contributed by atoms with Gasteiger partial charge in [-0.2, -0.15) is 9.57 Å². The number of rotatable bonds is 3. The molecule has 1 saturated heterocycles. The van der Waals surface area contributed by atoms with Gasteiger partial charge < -0.3 is 0 Å². The molecular weight excluding hydrogens is 270 g/mol. The van der Waals surface area contributed by atoms with E-state index < -0.39 is 10.0 Å². The fourth-order valence-electron chi connectivity index (χ4n) is 1.95. The molecule has 0 aromatic carbocycles. The van der Waals surface area contributed by atoms with E-state index in [0.717, 1.165) is 0 Å². The van der Waals surface area contributed by atoms with Crippen LogP contribution in [0.3, 0.4) is 0 Å². The standard InChI is InChI=1S/C11H15N3O2S2/c1-10(9-12)13-4-6-14(7-5-13)18(15,16)11-3-2-8-17-11/h2-3,8,10H,4-7H2,1H3/t10-/m0/s1. The van der Waals surface area contributed by atoms with E-state index in [2.05, 4.69) is 6.07 Å². The lowest BCUT2D eigenvalue weighted by Gasteiger charge is -2.34. The first-order chi connectivity index (χ1) is 8.55. The number of nitriles is 1. The molecule has 2 heterocycles. The number of thiophene rings is 1. The minimum absolute atomic E-state index is 0.156. The van der Waals surface area contributed by atoms with Crippen LogP contribution in [0.4, 0.5) is 0 Å². The van der Waals surface area contributed by atoms with E-state index in [1.807, 2.05) is 11.8 Å². The zero-order chi connectivity index (χ0) is 13.2. The van der Waals surface area contributed by atoms with Crippen LogP contribution < -0.4 is 0 Å². The summed E-state index contributed by atoms with van der Waals surface area (Å²) in [6.07, 6.45) is 0. The Morgan fingerprint density at radius 2 is 2.06 bits per heavy atom. The van der Waals surface area contributed by atoms with E-state index in [9.17, 15) is 8.42 Å². The molecule has 0 radical (unpaired) electrons. The van der Waals surface area contributed by atoms with Crippen molar-refractivity contribution >= 4 is 21.4 Å². The summed E-state index contributed by atoms with van der Waals surface area (Å²) in [6.45, 7) is 3.96. The Morgan fingerprint density at radius 3 is 2.56 bits per heavy atom. The van der Waals surface area contributed by atoms with Gasteiger partial charge in [0.25, 0.3) is 10.0 Å². The fourth-order valence-corrected chi connectivity index (χ4v) is 4.52. The average molecular weight is 285 g/mol. The van der Waals surface area contributed by atoms with Crippen LogP contribution in [0.25, 0.3) is 0 Å². The monoisotopic (exact) mass is 285 g/mol. The van der Waals surface area contributed by atoms with E-state index in [1.165, 1.54) is 15.6 Å². The Morgan fingerprint density at radius 1 is 1.39 bits per heavy atom. The van der Waals surface area contributed by atoms with E-state index in [1.54, 1.807) is 17.5 Å². The highest BCUT2D eigenvalue weighted by atomic mass is 32.2. The molecule has 0 aliphatic carbocycles. The predicted octanol–water partition coefficient (Wildman–Crippen LogP) is 0.966. The summed E-state index contributed by atoms with van der Waals surface area (Å²) in [7, 11) is -3.33. The van der Waals surface area contributed by atoms with Crippen molar-refractivity contribution in [3.8, 4) is 6.07 Å². The van der Waals surface area contributed by atoms with Crippen LogP contribution in [-0.2, 0) is 10.0 Å². The zero-order valence-corrected chi connectivity index (χ0v) is 11.7. The van der Waals surface area contributed by atoms with Crippen molar-refractivity contribution < 1.29 is 8.42 Å². The Bertz CT molecular complexity index is 525. The summed E-state index contributed by atoms with van der Waals surface area (Å²) in [5, 5.41) is 10.6. The summed E-state index contributed by atoms with van der Waals surface area (Å²) >= 11 is 1.24. The van der Waals surface area contributed by atoms with Gasteiger partial charge in [-0.3, -0.25) is 4.90 Å². The molecule has 18 heavy (non-hydrogen) atoms. The first-order valence-corrected chi connectivity index (χ1v) is 8.05. The molecule has 1 atom stereocenters. The fraction of sp³-hybridized carbons (Fsp3) is 0.545. The van der Waals surface area contributed by atoms with Gasteiger partial charge in [0.1, 0.15) is 4.21 Å². The minimum atomic E-state index is -3.33. The Kier molecular flexibility index (Phi) is 4.02. The second-order valence-corrected chi connectivity index (χ2v) is 7.29. The largest absolute Gasteiger partial charge is 0.286 e. The van der Waals surface area contributed by atoms with Crippen LogP contribution in [0.1, 0.15) is 6.92 Å².